The fourth-order valence-corrected chi connectivity index (χ4v) is 7.15. The summed E-state index contributed by atoms with van der Waals surface area (Å²) >= 11 is 0. The molecular weight excluding hydrogens is 168 g/mol. The molecule has 0 aromatic carbocycles. The van der Waals surface area contributed by atoms with Crippen LogP contribution in [0.15, 0.2) is 0 Å². The molecule has 0 heteroatoms. The molecule has 5 bridgehead atoms. The first-order valence-electron chi connectivity index (χ1n) is 6.79. The molecule has 0 aliphatic heterocycles. The van der Waals surface area contributed by atoms with E-state index in [-0.39, 0.29) is 0 Å². The van der Waals surface area contributed by atoms with Crippen molar-refractivity contribution in [2.24, 2.45) is 46.8 Å². The van der Waals surface area contributed by atoms with Gasteiger partial charge in [-0.1, -0.05) is 6.92 Å². The lowest BCUT2D eigenvalue weighted by Gasteiger charge is -2.48. The molecule has 5 aliphatic rings. The second-order valence-corrected chi connectivity index (χ2v) is 7.29. The Morgan fingerprint density at radius 2 is 1.71 bits per heavy atom. The Labute approximate surface area is 86.5 Å². The molecule has 8 unspecified atom stereocenters. The monoisotopic (exact) mass is 188 g/mol. The van der Waals surface area contributed by atoms with E-state index < -0.39 is 0 Å². The van der Waals surface area contributed by atoms with Crippen LogP contribution >= 0.6 is 0 Å². The van der Waals surface area contributed by atoms with Crippen molar-refractivity contribution in [2.75, 3.05) is 0 Å². The van der Waals surface area contributed by atoms with E-state index in [9.17, 15) is 0 Å². The van der Waals surface area contributed by atoms with Gasteiger partial charge in [0, 0.05) is 0 Å². The summed E-state index contributed by atoms with van der Waals surface area (Å²) in [6, 6.07) is 0. The van der Waals surface area contributed by atoms with Crippen molar-refractivity contribution in [2.45, 2.75) is 39.0 Å². The van der Waals surface area contributed by atoms with Crippen molar-refractivity contribution in [3.05, 3.63) is 0 Å². The number of hydrogen-bond donors (Lipinski definition) is 0. The molecular formula is C14H20. The molecule has 0 saturated heterocycles. The Morgan fingerprint density at radius 1 is 0.857 bits per heavy atom. The highest BCUT2D eigenvalue weighted by Crippen LogP contribution is 2.83. The number of rotatable bonds is 0. The molecule has 0 radical (unpaired) electrons. The van der Waals surface area contributed by atoms with Gasteiger partial charge in [-0.2, -0.15) is 0 Å². The molecule has 0 aromatic heterocycles. The summed E-state index contributed by atoms with van der Waals surface area (Å²) in [6.07, 6.45) is 8.28. The molecule has 0 nitrogen and oxygen atoms in total. The summed E-state index contributed by atoms with van der Waals surface area (Å²) in [4.78, 5) is 0. The third-order valence-electron chi connectivity index (χ3n) is 7.38. The van der Waals surface area contributed by atoms with Crippen LogP contribution in [0, 0.1) is 46.8 Å². The van der Waals surface area contributed by atoms with E-state index in [0.717, 1.165) is 17.3 Å². The van der Waals surface area contributed by atoms with E-state index >= 15 is 0 Å². The molecule has 5 rings (SSSR count). The van der Waals surface area contributed by atoms with Gasteiger partial charge >= 0.3 is 0 Å². The van der Waals surface area contributed by atoms with Gasteiger partial charge in [0.2, 0.25) is 0 Å². The highest BCUT2D eigenvalue weighted by Gasteiger charge is 2.75. The van der Waals surface area contributed by atoms with Gasteiger partial charge in [-0.3, -0.25) is 0 Å². The zero-order valence-electron chi connectivity index (χ0n) is 9.08. The summed E-state index contributed by atoms with van der Waals surface area (Å²) in [5, 5.41) is 0. The topological polar surface area (TPSA) is 0 Å². The zero-order valence-corrected chi connectivity index (χ0v) is 9.08. The minimum atomic E-state index is 0.955. The van der Waals surface area contributed by atoms with Crippen molar-refractivity contribution in [3.63, 3.8) is 0 Å². The maximum absolute atomic E-state index is 2.56. The highest BCUT2D eigenvalue weighted by atomic mass is 14.8. The normalized spacial score (nSPS) is 76.5. The van der Waals surface area contributed by atoms with Crippen LogP contribution in [-0.4, -0.2) is 0 Å². The number of fused-ring (bicyclic) bond motifs is 4. The lowest BCUT2D eigenvalue weighted by atomic mass is 9.56. The van der Waals surface area contributed by atoms with Crippen molar-refractivity contribution >= 4 is 0 Å². The fourth-order valence-electron chi connectivity index (χ4n) is 7.15. The molecule has 0 heterocycles. The predicted molar refractivity (Wildman–Crippen MR) is 55.6 cm³/mol. The molecule has 76 valence electrons. The van der Waals surface area contributed by atoms with E-state index in [2.05, 4.69) is 6.92 Å². The van der Waals surface area contributed by atoms with Crippen LogP contribution in [0.1, 0.15) is 39.0 Å². The fraction of sp³-hybridized carbons (Fsp3) is 1.00. The van der Waals surface area contributed by atoms with Gasteiger partial charge in [0.15, 0.2) is 0 Å². The summed E-state index contributed by atoms with van der Waals surface area (Å²) in [6.45, 7) is 2.56. The molecule has 5 aliphatic carbocycles. The lowest BCUT2D eigenvalue weighted by molar-refractivity contribution is 0.00187. The molecule has 0 aromatic rings. The maximum Gasteiger partial charge on any atom is -0.0230 e. The quantitative estimate of drug-likeness (QED) is 0.547. The molecule has 5 saturated carbocycles. The van der Waals surface area contributed by atoms with Crippen LogP contribution in [0.5, 0.6) is 0 Å². The summed E-state index contributed by atoms with van der Waals surface area (Å²) in [5.41, 5.74) is 0.955. The second-order valence-electron chi connectivity index (χ2n) is 7.29. The van der Waals surface area contributed by atoms with Crippen LogP contribution in [0.25, 0.3) is 0 Å². The van der Waals surface area contributed by atoms with Gasteiger partial charge in [0.1, 0.15) is 0 Å². The van der Waals surface area contributed by atoms with Crippen molar-refractivity contribution in [1.29, 1.82) is 0 Å². The van der Waals surface area contributed by atoms with Crippen LogP contribution < -0.4 is 0 Å². The Kier molecular flexibility index (Phi) is 0.954. The summed E-state index contributed by atoms with van der Waals surface area (Å²) in [5.74, 6) is 8.29. The van der Waals surface area contributed by atoms with Crippen molar-refractivity contribution in [3.8, 4) is 0 Å². The van der Waals surface area contributed by atoms with Crippen molar-refractivity contribution < 1.29 is 0 Å². The Balaban J connectivity index is 1.74. The Morgan fingerprint density at radius 3 is 2.64 bits per heavy atom. The van der Waals surface area contributed by atoms with E-state index in [1.165, 1.54) is 29.6 Å². The summed E-state index contributed by atoms with van der Waals surface area (Å²) < 4.78 is 0. The Bertz CT molecular complexity index is 320. The second kappa shape index (κ2) is 1.83. The molecule has 5 fully saturated rings. The van der Waals surface area contributed by atoms with E-state index in [4.69, 9.17) is 0 Å². The average molecular weight is 188 g/mol. The molecule has 1 spiro atoms. The summed E-state index contributed by atoms with van der Waals surface area (Å²) in [7, 11) is 0. The Hall–Kier alpha value is 0. The minimum absolute atomic E-state index is 0.955. The highest BCUT2D eigenvalue weighted by molar-refractivity contribution is 5.24. The smallest absolute Gasteiger partial charge is 0.0230 e. The first kappa shape index (κ1) is 7.30. The predicted octanol–water partition coefficient (Wildman–Crippen LogP) is 3.32. The number of hydrogen-bond acceptors (Lipinski definition) is 0. The van der Waals surface area contributed by atoms with Crippen LogP contribution in [0.4, 0.5) is 0 Å². The van der Waals surface area contributed by atoms with Gasteiger partial charge in [-0.15, -0.1) is 0 Å². The first-order valence-corrected chi connectivity index (χ1v) is 6.79. The van der Waals surface area contributed by atoms with Crippen LogP contribution in [-0.2, 0) is 0 Å². The zero-order chi connectivity index (χ0) is 9.08. The molecule has 0 amide bonds. The molecule has 14 heavy (non-hydrogen) atoms. The first-order chi connectivity index (χ1) is 6.79. The van der Waals surface area contributed by atoms with Gasteiger partial charge < -0.3 is 0 Å². The van der Waals surface area contributed by atoms with Gasteiger partial charge in [0.25, 0.3) is 0 Å². The molecule has 0 N–H and O–H groups in total. The SMILES string of the molecule is CC1CC2C3CC45CC(CC34)C1CC25. The standard InChI is InChI=1S/C14H20/c1-7-2-10-11-6-14-5-8(3-12(11)14)9(7)4-13(10)14/h7-13H,2-6H2,1H3. The largest absolute Gasteiger partial charge is 0.0622 e. The van der Waals surface area contributed by atoms with Crippen LogP contribution in [0.2, 0.25) is 0 Å². The van der Waals surface area contributed by atoms with E-state index in [1.807, 2.05) is 0 Å². The minimum Gasteiger partial charge on any atom is -0.0622 e. The van der Waals surface area contributed by atoms with Gasteiger partial charge in [-0.05, 0) is 78.9 Å². The van der Waals surface area contributed by atoms with E-state index in [0.29, 0.717) is 0 Å². The van der Waals surface area contributed by atoms with Gasteiger partial charge in [-0.25, -0.2) is 0 Å². The lowest BCUT2D eigenvalue weighted by Crippen LogP contribution is -2.41. The molecule has 8 atom stereocenters. The van der Waals surface area contributed by atoms with E-state index in [1.54, 1.807) is 32.1 Å². The average Bonchev–Trinajstić information content (AvgIpc) is 2.69. The third-order valence-corrected chi connectivity index (χ3v) is 7.38. The van der Waals surface area contributed by atoms with Crippen molar-refractivity contribution in [1.82, 2.24) is 0 Å². The third kappa shape index (κ3) is 0.498. The van der Waals surface area contributed by atoms with Crippen LogP contribution in [0.3, 0.4) is 0 Å². The van der Waals surface area contributed by atoms with Gasteiger partial charge in [0.05, 0.1) is 0 Å². The maximum atomic E-state index is 2.56.